The molecule has 0 heterocycles. The Bertz CT molecular complexity index is 632. The lowest BCUT2D eigenvalue weighted by atomic mass is 9.84. The number of nitrogens with one attached hydrogen (secondary N) is 1. The maximum atomic E-state index is 13.0. The molecule has 1 aliphatic carbocycles. The fourth-order valence-electron chi connectivity index (χ4n) is 3.07. The van der Waals surface area contributed by atoms with Crippen LogP contribution in [0.2, 0.25) is 0 Å². The van der Waals surface area contributed by atoms with Crippen LogP contribution in [0.3, 0.4) is 0 Å². The molecule has 1 aromatic rings. The number of alkyl halides is 3. The van der Waals surface area contributed by atoms with E-state index in [1.807, 2.05) is 0 Å². The second-order valence-electron chi connectivity index (χ2n) is 5.86. The van der Waals surface area contributed by atoms with Gasteiger partial charge in [0.2, 0.25) is 10.0 Å². The van der Waals surface area contributed by atoms with E-state index in [4.69, 9.17) is 5.73 Å². The van der Waals surface area contributed by atoms with Gasteiger partial charge in [0, 0.05) is 12.6 Å². The minimum atomic E-state index is -4.73. The van der Waals surface area contributed by atoms with E-state index in [0.717, 1.165) is 44.2 Å². The van der Waals surface area contributed by atoms with E-state index in [0.29, 0.717) is 0 Å². The third kappa shape index (κ3) is 5.08. The molecule has 1 fully saturated rings. The normalized spacial score (nSPS) is 18.0. The summed E-state index contributed by atoms with van der Waals surface area (Å²) in [4.78, 5) is -0.748. The summed E-state index contributed by atoms with van der Waals surface area (Å²) in [5, 5.41) is 0. The van der Waals surface area contributed by atoms with Gasteiger partial charge in [0.05, 0.1) is 10.5 Å². The van der Waals surface area contributed by atoms with Gasteiger partial charge in [-0.15, -0.1) is 12.4 Å². The van der Waals surface area contributed by atoms with Crippen LogP contribution in [0.1, 0.15) is 37.7 Å². The minimum absolute atomic E-state index is 0. The van der Waals surface area contributed by atoms with Gasteiger partial charge in [-0.1, -0.05) is 31.4 Å². The van der Waals surface area contributed by atoms with E-state index in [1.54, 1.807) is 0 Å². The lowest BCUT2D eigenvalue weighted by molar-refractivity contribution is -0.139. The van der Waals surface area contributed by atoms with Crippen LogP contribution < -0.4 is 10.5 Å². The summed E-state index contributed by atoms with van der Waals surface area (Å²) >= 11 is 0. The van der Waals surface area contributed by atoms with Crippen LogP contribution in [0, 0.1) is 5.92 Å². The third-order valence-corrected chi connectivity index (χ3v) is 5.81. The van der Waals surface area contributed by atoms with Gasteiger partial charge in [-0.25, -0.2) is 13.1 Å². The van der Waals surface area contributed by atoms with E-state index >= 15 is 0 Å². The number of hydrogen-bond donors (Lipinski definition) is 2. The zero-order valence-electron chi connectivity index (χ0n) is 13.1. The Kier molecular flexibility index (Phi) is 7.52. The van der Waals surface area contributed by atoms with E-state index in [2.05, 4.69) is 4.72 Å². The largest absolute Gasteiger partial charge is 0.417 e. The Morgan fingerprint density at radius 3 is 2.29 bits per heavy atom. The highest BCUT2D eigenvalue weighted by Crippen LogP contribution is 2.34. The van der Waals surface area contributed by atoms with Gasteiger partial charge in [-0.2, -0.15) is 13.2 Å². The van der Waals surface area contributed by atoms with Crippen LogP contribution in [0.5, 0.6) is 0 Å². The quantitative estimate of drug-likeness (QED) is 0.815. The van der Waals surface area contributed by atoms with Gasteiger partial charge >= 0.3 is 6.18 Å². The molecule has 0 spiro atoms. The van der Waals surface area contributed by atoms with Crippen molar-refractivity contribution in [2.75, 3.05) is 6.54 Å². The first kappa shape index (κ1) is 21.2. The molecule has 1 unspecified atom stereocenters. The summed E-state index contributed by atoms with van der Waals surface area (Å²) in [5.74, 6) is 0.0709. The molecule has 0 amide bonds. The molecular formula is C15H22ClF3N2O2S. The summed E-state index contributed by atoms with van der Waals surface area (Å²) in [6.45, 7) is 0.0675. The molecule has 0 aliphatic heterocycles. The van der Waals surface area contributed by atoms with E-state index in [-0.39, 0.29) is 24.9 Å². The first-order valence-corrected chi connectivity index (χ1v) is 9.12. The Morgan fingerprint density at radius 1 is 1.17 bits per heavy atom. The number of sulfonamides is 1. The van der Waals surface area contributed by atoms with Crippen molar-refractivity contribution in [3.05, 3.63) is 29.8 Å². The minimum Gasteiger partial charge on any atom is -0.329 e. The van der Waals surface area contributed by atoms with Crippen LogP contribution >= 0.6 is 12.4 Å². The maximum Gasteiger partial charge on any atom is 0.417 e. The average molecular weight is 387 g/mol. The van der Waals surface area contributed by atoms with E-state index in [1.165, 1.54) is 12.1 Å². The number of rotatable bonds is 5. The molecule has 2 rings (SSSR count). The molecule has 24 heavy (non-hydrogen) atoms. The molecule has 1 aromatic carbocycles. The summed E-state index contributed by atoms with van der Waals surface area (Å²) in [7, 11) is -4.28. The van der Waals surface area contributed by atoms with Gasteiger partial charge in [0.1, 0.15) is 0 Å². The second-order valence-corrected chi connectivity index (χ2v) is 7.54. The Labute approximate surface area is 146 Å². The zero-order chi connectivity index (χ0) is 17.1. The molecule has 1 atom stereocenters. The topological polar surface area (TPSA) is 72.2 Å². The first-order valence-electron chi connectivity index (χ1n) is 7.64. The summed E-state index contributed by atoms with van der Waals surface area (Å²) in [6, 6.07) is 3.65. The Morgan fingerprint density at radius 2 is 1.75 bits per heavy atom. The van der Waals surface area contributed by atoms with Crippen molar-refractivity contribution in [1.29, 1.82) is 0 Å². The molecule has 138 valence electrons. The highest BCUT2D eigenvalue weighted by Gasteiger charge is 2.38. The Hall–Kier alpha value is -0.830. The first-order chi connectivity index (χ1) is 10.8. The van der Waals surface area contributed by atoms with Crippen molar-refractivity contribution >= 4 is 22.4 Å². The van der Waals surface area contributed by atoms with Gasteiger partial charge < -0.3 is 5.73 Å². The van der Waals surface area contributed by atoms with Crippen LogP contribution in [0.25, 0.3) is 0 Å². The van der Waals surface area contributed by atoms with Crippen molar-refractivity contribution in [1.82, 2.24) is 4.72 Å². The molecule has 0 bridgehead atoms. The summed E-state index contributed by atoms with van der Waals surface area (Å²) in [5.41, 5.74) is 4.50. The maximum absolute atomic E-state index is 13.0. The molecule has 3 N–H and O–H groups in total. The molecule has 9 heteroatoms. The number of benzene rings is 1. The van der Waals surface area contributed by atoms with Crippen LogP contribution in [-0.2, 0) is 16.2 Å². The molecule has 0 radical (unpaired) electrons. The van der Waals surface area contributed by atoms with Gasteiger partial charge in [0.15, 0.2) is 0 Å². The van der Waals surface area contributed by atoms with Gasteiger partial charge in [-0.05, 0) is 30.9 Å². The molecule has 4 nitrogen and oxygen atoms in total. The smallest absolute Gasteiger partial charge is 0.329 e. The van der Waals surface area contributed by atoms with E-state index in [9.17, 15) is 21.6 Å². The van der Waals surface area contributed by atoms with Crippen molar-refractivity contribution < 1.29 is 21.6 Å². The molecule has 0 aromatic heterocycles. The highest BCUT2D eigenvalue weighted by atomic mass is 35.5. The highest BCUT2D eigenvalue weighted by molar-refractivity contribution is 7.89. The predicted molar refractivity (Wildman–Crippen MR) is 88.4 cm³/mol. The zero-order valence-corrected chi connectivity index (χ0v) is 14.7. The molecule has 0 saturated heterocycles. The summed E-state index contributed by atoms with van der Waals surface area (Å²) in [6.07, 6.45) is 0.0204. The lowest BCUT2D eigenvalue weighted by Gasteiger charge is -2.30. The van der Waals surface area contributed by atoms with Crippen molar-refractivity contribution in [3.63, 3.8) is 0 Å². The third-order valence-electron chi connectivity index (χ3n) is 4.26. The Balaban J connectivity index is 0.00000288. The predicted octanol–water partition coefficient (Wildman–Crippen LogP) is 3.31. The number of halogens is 4. The lowest BCUT2D eigenvalue weighted by Crippen LogP contribution is -2.46. The van der Waals surface area contributed by atoms with Crippen molar-refractivity contribution in [2.45, 2.75) is 49.2 Å². The van der Waals surface area contributed by atoms with Crippen LogP contribution in [0.4, 0.5) is 13.2 Å². The van der Waals surface area contributed by atoms with Crippen LogP contribution in [-0.4, -0.2) is 21.0 Å². The number of hydrogen-bond acceptors (Lipinski definition) is 3. The fourth-order valence-corrected chi connectivity index (χ4v) is 4.62. The van der Waals surface area contributed by atoms with Crippen LogP contribution in [0.15, 0.2) is 29.2 Å². The molecule has 1 aliphatic rings. The average Bonchev–Trinajstić information content (AvgIpc) is 2.53. The van der Waals surface area contributed by atoms with Crippen molar-refractivity contribution in [3.8, 4) is 0 Å². The van der Waals surface area contributed by atoms with E-state index < -0.39 is 32.7 Å². The fraction of sp³-hybridized carbons (Fsp3) is 0.600. The SMILES string of the molecule is Cl.NCC(NS(=O)(=O)c1ccccc1C(F)(F)F)C1CCCCC1. The monoisotopic (exact) mass is 386 g/mol. The van der Waals surface area contributed by atoms with Gasteiger partial charge in [-0.3, -0.25) is 0 Å². The standard InChI is InChI=1S/C15H21F3N2O2S.ClH/c16-15(17,18)12-8-4-5-9-14(12)23(21,22)20-13(10-19)11-6-2-1-3-7-11;/h4-5,8-9,11,13,20H,1-3,6-7,10,19H2;1H. The molecule has 1 saturated carbocycles. The number of nitrogens with two attached hydrogens (primary N) is 1. The van der Waals surface area contributed by atoms with Gasteiger partial charge in [0.25, 0.3) is 0 Å². The molecular weight excluding hydrogens is 365 g/mol. The van der Waals surface area contributed by atoms with Crippen molar-refractivity contribution in [2.24, 2.45) is 11.7 Å². The second kappa shape index (κ2) is 8.51. The summed E-state index contributed by atoms with van der Waals surface area (Å²) < 4.78 is 66.4.